The highest BCUT2D eigenvalue weighted by atomic mass is 16.5. The molecule has 0 spiro atoms. The highest BCUT2D eigenvalue weighted by molar-refractivity contribution is 5.51. The Morgan fingerprint density at radius 1 is 0.946 bits per heavy atom. The second-order valence-corrected chi connectivity index (χ2v) is 11.3. The molecule has 1 aromatic heterocycles. The van der Waals surface area contributed by atoms with Gasteiger partial charge in [-0.2, -0.15) is 9.97 Å². The SMILES string of the molecule is CCOCCN1CCN(c2cc(N)nc(NC[C@H]3CC[C@H](CNCCCNC4CCCC4)CC3)n2)CC1. The van der Waals surface area contributed by atoms with E-state index in [1.165, 1.54) is 64.3 Å². The van der Waals surface area contributed by atoms with E-state index in [1.807, 2.05) is 13.0 Å². The predicted molar refractivity (Wildman–Crippen MR) is 153 cm³/mol. The first-order valence-corrected chi connectivity index (χ1v) is 15.1. The fraction of sp³-hybridized carbons (Fsp3) is 0.857. The van der Waals surface area contributed by atoms with Crippen LogP contribution in [0.2, 0.25) is 0 Å². The summed E-state index contributed by atoms with van der Waals surface area (Å²) in [6.07, 6.45) is 12.0. The van der Waals surface area contributed by atoms with Crippen LogP contribution in [0, 0.1) is 11.8 Å². The number of nitrogens with one attached hydrogen (secondary N) is 3. The molecule has 0 atom stereocenters. The van der Waals surface area contributed by atoms with Gasteiger partial charge >= 0.3 is 0 Å². The van der Waals surface area contributed by atoms with Crippen molar-refractivity contribution in [3.8, 4) is 0 Å². The maximum absolute atomic E-state index is 6.15. The Labute approximate surface area is 224 Å². The lowest BCUT2D eigenvalue weighted by atomic mass is 9.82. The van der Waals surface area contributed by atoms with Crippen LogP contribution in [0.4, 0.5) is 17.6 Å². The van der Waals surface area contributed by atoms with Gasteiger partial charge in [0.25, 0.3) is 0 Å². The molecule has 9 nitrogen and oxygen atoms in total. The first-order chi connectivity index (χ1) is 18.2. The lowest BCUT2D eigenvalue weighted by Crippen LogP contribution is -2.47. The van der Waals surface area contributed by atoms with Gasteiger partial charge in [-0.3, -0.25) is 4.90 Å². The van der Waals surface area contributed by atoms with Crippen molar-refractivity contribution in [3.05, 3.63) is 6.07 Å². The Morgan fingerprint density at radius 3 is 2.41 bits per heavy atom. The van der Waals surface area contributed by atoms with Gasteiger partial charge in [0.15, 0.2) is 0 Å². The van der Waals surface area contributed by atoms with Crippen molar-refractivity contribution in [2.75, 3.05) is 88.1 Å². The number of ether oxygens (including phenoxy) is 1. The van der Waals surface area contributed by atoms with Crippen LogP contribution in [-0.4, -0.2) is 93.0 Å². The van der Waals surface area contributed by atoms with Crippen molar-refractivity contribution in [1.29, 1.82) is 0 Å². The third kappa shape index (κ3) is 9.85. The minimum absolute atomic E-state index is 0.541. The maximum atomic E-state index is 6.15. The van der Waals surface area contributed by atoms with E-state index in [-0.39, 0.29) is 0 Å². The van der Waals surface area contributed by atoms with Crippen LogP contribution in [0.3, 0.4) is 0 Å². The van der Waals surface area contributed by atoms with Gasteiger partial charge < -0.3 is 31.3 Å². The zero-order valence-electron chi connectivity index (χ0n) is 23.2. The predicted octanol–water partition coefficient (Wildman–Crippen LogP) is 2.95. The summed E-state index contributed by atoms with van der Waals surface area (Å²) in [5, 5.41) is 10.9. The number of nitrogens with two attached hydrogens (primary N) is 1. The lowest BCUT2D eigenvalue weighted by Gasteiger charge is -2.35. The zero-order valence-corrected chi connectivity index (χ0v) is 23.2. The topological polar surface area (TPSA) is 104 Å². The van der Waals surface area contributed by atoms with Gasteiger partial charge in [0.2, 0.25) is 5.95 Å². The van der Waals surface area contributed by atoms with Crippen LogP contribution in [0.25, 0.3) is 0 Å². The number of hydrogen-bond acceptors (Lipinski definition) is 9. The number of anilines is 3. The van der Waals surface area contributed by atoms with E-state index < -0.39 is 0 Å². The average molecular weight is 517 g/mol. The second-order valence-electron chi connectivity index (χ2n) is 11.3. The Bertz CT molecular complexity index is 759. The molecule has 37 heavy (non-hydrogen) atoms. The molecule has 0 aromatic carbocycles. The minimum atomic E-state index is 0.541. The first kappa shape index (κ1) is 28.3. The van der Waals surface area contributed by atoms with E-state index in [9.17, 15) is 0 Å². The van der Waals surface area contributed by atoms with E-state index in [0.717, 1.165) is 83.3 Å². The number of rotatable bonds is 15. The Morgan fingerprint density at radius 2 is 1.68 bits per heavy atom. The molecule has 210 valence electrons. The van der Waals surface area contributed by atoms with Gasteiger partial charge in [0.1, 0.15) is 11.6 Å². The van der Waals surface area contributed by atoms with Crippen molar-refractivity contribution in [2.45, 2.75) is 70.8 Å². The molecule has 3 aliphatic rings. The van der Waals surface area contributed by atoms with Gasteiger partial charge in [-0.1, -0.05) is 12.8 Å². The van der Waals surface area contributed by atoms with Gasteiger partial charge in [-0.15, -0.1) is 0 Å². The van der Waals surface area contributed by atoms with Gasteiger partial charge in [-0.05, 0) is 83.3 Å². The normalized spacial score (nSPS) is 23.5. The molecule has 4 rings (SSSR count). The van der Waals surface area contributed by atoms with Crippen molar-refractivity contribution in [1.82, 2.24) is 25.5 Å². The standard InChI is InChI=1S/C28H52N8O/c1-2-37-19-18-35-14-16-36(17-15-35)27-20-26(29)33-28(34-27)32-22-24-10-8-23(9-11-24)21-30-12-5-13-31-25-6-3-4-7-25/h20,23-25,30-31H,2-19,21-22H2,1H3,(H3,29,32,33,34)/t23-,24-. The number of piperazine rings is 1. The smallest absolute Gasteiger partial charge is 0.226 e. The third-order valence-electron chi connectivity index (χ3n) is 8.45. The van der Waals surface area contributed by atoms with Crippen LogP contribution >= 0.6 is 0 Å². The summed E-state index contributed by atoms with van der Waals surface area (Å²) in [4.78, 5) is 14.1. The second kappa shape index (κ2) is 15.7. The van der Waals surface area contributed by atoms with E-state index in [0.29, 0.717) is 17.7 Å². The summed E-state index contributed by atoms with van der Waals surface area (Å²) >= 11 is 0. The molecule has 5 N–H and O–H groups in total. The number of aromatic nitrogens is 2. The number of nitrogen functional groups attached to an aromatic ring is 1. The maximum Gasteiger partial charge on any atom is 0.226 e. The highest BCUT2D eigenvalue weighted by Gasteiger charge is 2.22. The van der Waals surface area contributed by atoms with Gasteiger partial charge in [0.05, 0.1) is 6.61 Å². The molecule has 9 heteroatoms. The highest BCUT2D eigenvalue weighted by Crippen LogP contribution is 2.29. The molecule has 0 amide bonds. The van der Waals surface area contributed by atoms with Crippen LogP contribution < -0.4 is 26.6 Å². The molecule has 0 bridgehead atoms. The Kier molecular flexibility index (Phi) is 12.0. The Balaban J connectivity index is 1.09. The molecular weight excluding hydrogens is 464 g/mol. The van der Waals surface area contributed by atoms with Crippen molar-refractivity contribution in [3.63, 3.8) is 0 Å². The number of nitrogens with zero attached hydrogens (tertiary/aromatic N) is 4. The lowest BCUT2D eigenvalue weighted by molar-refractivity contribution is 0.111. The molecule has 0 unspecified atom stereocenters. The quantitative estimate of drug-likeness (QED) is 0.262. The molecule has 1 saturated heterocycles. The Hall–Kier alpha value is -1.68. The first-order valence-electron chi connectivity index (χ1n) is 15.1. The van der Waals surface area contributed by atoms with E-state index >= 15 is 0 Å². The van der Waals surface area contributed by atoms with E-state index in [1.54, 1.807) is 0 Å². The molecular formula is C28H52N8O. The molecule has 2 aliphatic carbocycles. The van der Waals surface area contributed by atoms with Gasteiger partial charge in [0, 0.05) is 58.0 Å². The summed E-state index contributed by atoms with van der Waals surface area (Å²) < 4.78 is 5.50. The third-order valence-corrected chi connectivity index (χ3v) is 8.45. The minimum Gasteiger partial charge on any atom is -0.383 e. The summed E-state index contributed by atoms with van der Waals surface area (Å²) in [6, 6.07) is 2.70. The van der Waals surface area contributed by atoms with E-state index in [2.05, 4.69) is 30.7 Å². The van der Waals surface area contributed by atoms with Gasteiger partial charge in [-0.25, -0.2) is 0 Å². The van der Waals surface area contributed by atoms with E-state index in [4.69, 9.17) is 15.5 Å². The summed E-state index contributed by atoms with van der Waals surface area (Å²) in [5.41, 5.74) is 6.15. The van der Waals surface area contributed by atoms with Crippen molar-refractivity contribution < 1.29 is 4.74 Å². The van der Waals surface area contributed by atoms with Crippen LogP contribution in [0.15, 0.2) is 6.07 Å². The molecule has 1 aliphatic heterocycles. The summed E-state index contributed by atoms with van der Waals surface area (Å²) in [5.74, 6) is 3.66. The number of hydrogen-bond donors (Lipinski definition) is 4. The molecule has 1 aromatic rings. The zero-order chi connectivity index (χ0) is 25.7. The van der Waals surface area contributed by atoms with Crippen LogP contribution in [-0.2, 0) is 4.74 Å². The fourth-order valence-corrected chi connectivity index (χ4v) is 6.06. The largest absolute Gasteiger partial charge is 0.383 e. The average Bonchev–Trinajstić information content (AvgIpc) is 3.44. The molecule has 3 fully saturated rings. The van der Waals surface area contributed by atoms with Crippen molar-refractivity contribution >= 4 is 17.6 Å². The molecule has 2 saturated carbocycles. The molecule has 2 heterocycles. The fourth-order valence-electron chi connectivity index (χ4n) is 6.06. The molecule has 0 radical (unpaired) electrons. The van der Waals surface area contributed by atoms with Crippen LogP contribution in [0.1, 0.15) is 64.7 Å². The van der Waals surface area contributed by atoms with Crippen LogP contribution in [0.5, 0.6) is 0 Å². The summed E-state index contributed by atoms with van der Waals surface area (Å²) in [7, 11) is 0. The monoisotopic (exact) mass is 516 g/mol. The summed E-state index contributed by atoms with van der Waals surface area (Å²) in [6.45, 7) is 13.0. The van der Waals surface area contributed by atoms with Crippen molar-refractivity contribution in [2.24, 2.45) is 11.8 Å².